The molecule has 1 amide bonds. The molecule has 3 heteroatoms. The van der Waals surface area contributed by atoms with Crippen molar-refractivity contribution in [3.05, 3.63) is 35.9 Å². The molecule has 0 aromatic heterocycles. The first-order chi connectivity index (χ1) is 9.34. The molecule has 2 fully saturated rings. The Labute approximate surface area is 119 Å². The minimum Gasteiger partial charge on any atom is -0.340 e. The molecule has 0 radical (unpaired) electrons. The van der Waals surface area contributed by atoms with Crippen LogP contribution in [-0.2, 0) is 4.79 Å². The van der Waals surface area contributed by atoms with E-state index in [4.69, 9.17) is 0 Å². The molecule has 1 unspecified atom stereocenters. The summed E-state index contributed by atoms with van der Waals surface area (Å²) in [5.41, 5.74) is 1.36. The maximum atomic E-state index is 12.5. The van der Waals surface area contributed by atoms with E-state index in [0.29, 0.717) is 17.1 Å². The maximum Gasteiger partial charge on any atom is 0.225 e. The van der Waals surface area contributed by atoms with E-state index in [1.165, 1.54) is 18.4 Å². The van der Waals surface area contributed by atoms with Crippen molar-refractivity contribution in [1.29, 1.82) is 0 Å². The average Bonchev–Trinajstić information content (AvgIpc) is 3.02. The van der Waals surface area contributed by atoms with Gasteiger partial charge >= 0.3 is 0 Å². The smallest absolute Gasteiger partial charge is 0.225 e. The summed E-state index contributed by atoms with van der Waals surface area (Å²) in [7, 11) is 0. The highest BCUT2D eigenvalue weighted by Gasteiger charge is 2.31. The number of hydrogen-bond acceptors (Lipinski definition) is 2. The number of amides is 1. The van der Waals surface area contributed by atoms with E-state index in [1.54, 1.807) is 0 Å². The van der Waals surface area contributed by atoms with Crippen molar-refractivity contribution in [3.63, 3.8) is 0 Å². The second-order valence-electron chi connectivity index (χ2n) is 5.54. The first-order valence-corrected chi connectivity index (χ1v) is 8.35. The van der Waals surface area contributed by atoms with E-state index in [1.807, 2.05) is 11.8 Å². The Morgan fingerprint density at radius 2 is 1.89 bits per heavy atom. The number of thioether (sulfide) groups is 1. The number of nitrogens with zero attached hydrogens (tertiary/aromatic N) is 1. The molecule has 2 aliphatic rings. The molecule has 0 N–H and O–H groups in total. The molecular formula is C16H21NOS. The molecule has 0 bridgehead atoms. The van der Waals surface area contributed by atoms with Gasteiger partial charge in [-0.2, -0.15) is 11.8 Å². The van der Waals surface area contributed by atoms with Crippen LogP contribution in [0.5, 0.6) is 0 Å². The summed E-state index contributed by atoms with van der Waals surface area (Å²) in [6.45, 7) is 1.83. The molecule has 0 spiro atoms. The first-order valence-electron chi connectivity index (χ1n) is 7.30. The van der Waals surface area contributed by atoms with E-state index in [-0.39, 0.29) is 0 Å². The molecule has 19 heavy (non-hydrogen) atoms. The lowest BCUT2D eigenvalue weighted by Crippen LogP contribution is -2.42. The normalized spacial score (nSPS) is 24.6. The molecule has 1 saturated heterocycles. The lowest BCUT2D eigenvalue weighted by atomic mass is 10.1. The molecule has 3 rings (SSSR count). The van der Waals surface area contributed by atoms with Crippen molar-refractivity contribution in [1.82, 2.24) is 4.90 Å². The van der Waals surface area contributed by atoms with E-state index < -0.39 is 0 Å². The number of benzene rings is 1. The van der Waals surface area contributed by atoms with Crippen molar-refractivity contribution in [2.45, 2.75) is 30.9 Å². The van der Waals surface area contributed by atoms with Gasteiger partial charge in [-0.15, -0.1) is 0 Å². The molecule has 1 atom stereocenters. The van der Waals surface area contributed by atoms with Crippen LogP contribution in [0.3, 0.4) is 0 Å². The fourth-order valence-corrected chi connectivity index (χ4v) is 4.40. The van der Waals surface area contributed by atoms with Gasteiger partial charge in [0, 0.05) is 30.0 Å². The Kier molecular flexibility index (Phi) is 4.12. The summed E-state index contributed by atoms with van der Waals surface area (Å²) < 4.78 is 0. The van der Waals surface area contributed by atoms with E-state index >= 15 is 0 Å². The van der Waals surface area contributed by atoms with Crippen LogP contribution in [0.25, 0.3) is 0 Å². The number of carbonyl (C=O) groups is 1. The molecule has 2 nitrogen and oxygen atoms in total. The quantitative estimate of drug-likeness (QED) is 0.823. The van der Waals surface area contributed by atoms with Crippen LogP contribution in [0, 0.1) is 5.92 Å². The van der Waals surface area contributed by atoms with Crippen LogP contribution in [0.1, 0.15) is 36.5 Å². The minimum absolute atomic E-state index is 0.319. The van der Waals surface area contributed by atoms with E-state index in [0.717, 1.165) is 31.7 Å². The zero-order chi connectivity index (χ0) is 13.1. The predicted octanol–water partition coefficient (Wildman–Crippen LogP) is 3.49. The number of hydrogen-bond donors (Lipinski definition) is 0. The van der Waals surface area contributed by atoms with Crippen molar-refractivity contribution in [3.8, 4) is 0 Å². The van der Waals surface area contributed by atoms with Crippen LogP contribution < -0.4 is 0 Å². The minimum atomic E-state index is 0.319. The van der Waals surface area contributed by atoms with Crippen LogP contribution in [0.2, 0.25) is 0 Å². The summed E-state index contributed by atoms with van der Waals surface area (Å²) in [6, 6.07) is 10.6. The summed E-state index contributed by atoms with van der Waals surface area (Å²) in [4.78, 5) is 14.6. The second-order valence-corrected chi connectivity index (χ2v) is 6.85. The van der Waals surface area contributed by atoms with E-state index in [9.17, 15) is 4.79 Å². The van der Waals surface area contributed by atoms with Crippen molar-refractivity contribution >= 4 is 17.7 Å². The van der Waals surface area contributed by atoms with Gasteiger partial charge in [-0.3, -0.25) is 4.79 Å². The Hall–Kier alpha value is -0.960. The van der Waals surface area contributed by atoms with Crippen LogP contribution in [0.4, 0.5) is 0 Å². The summed E-state index contributed by atoms with van der Waals surface area (Å²) >= 11 is 1.99. The van der Waals surface area contributed by atoms with Crippen LogP contribution in [-0.4, -0.2) is 29.6 Å². The third-order valence-electron chi connectivity index (χ3n) is 4.25. The molecule has 1 aliphatic heterocycles. The maximum absolute atomic E-state index is 12.5. The van der Waals surface area contributed by atoms with Gasteiger partial charge in [-0.05, 0) is 18.4 Å². The third kappa shape index (κ3) is 2.97. The van der Waals surface area contributed by atoms with Gasteiger partial charge in [0.25, 0.3) is 0 Å². The number of rotatable bonds is 2. The fourth-order valence-electron chi connectivity index (χ4n) is 3.15. The largest absolute Gasteiger partial charge is 0.340 e. The second kappa shape index (κ2) is 6.00. The molecule has 1 aromatic carbocycles. The van der Waals surface area contributed by atoms with Gasteiger partial charge in [0.1, 0.15) is 0 Å². The monoisotopic (exact) mass is 275 g/mol. The highest BCUT2D eigenvalue weighted by molar-refractivity contribution is 7.99. The summed E-state index contributed by atoms with van der Waals surface area (Å²) in [5, 5.41) is 0.459. The highest BCUT2D eigenvalue weighted by atomic mass is 32.2. The lowest BCUT2D eigenvalue weighted by molar-refractivity contribution is -0.135. The van der Waals surface area contributed by atoms with E-state index in [2.05, 4.69) is 35.2 Å². The Morgan fingerprint density at radius 1 is 1.16 bits per heavy atom. The Balaban J connectivity index is 1.66. The Bertz CT molecular complexity index is 428. The standard InChI is InChI=1S/C16H21NOS/c18-16(14-8-4-5-9-14)17-10-11-19-15(12-17)13-6-2-1-3-7-13/h1-3,6-7,14-15H,4-5,8-12H2. The third-order valence-corrected chi connectivity index (χ3v) is 5.50. The lowest BCUT2D eigenvalue weighted by Gasteiger charge is -2.34. The van der Waals surface area contributed by atoms with Crippen molar-refractivity contribution in [2.24, 2.45) is 5.92 Å². The topological polar surface area (TPSA) is 20.3 Å². The first kappa shape index (κ1) is 13.0. The Morgan fingerprint density at radius 3 is 2.63 bits per heavy atom. The molecule has 1 heterocycles. The molecule has 1 saturated carbocycles. The highest BCUT2D eigenvalue weighted by Crippen LogP contribution is 2.35. The molecule has 1 aliphatic carbocycles. The van der Waals surface area contributed by atoms with Gasteiger partial charge in [-0.25, -0.2) is 0 Å². The zero-order valence-corrected chi connectivity index (χ0v) is 12.1. The van der Waals surface area contributed by atoms with Crippen LogP contribution >= 0.6 is 11.8 Å². The van der Waals surface area contributed by atoms with Gasteiger partial charge in [0.05, 0.1) is 0 Å². The van der Waals surface area contributed by atoms with Gasteiger partial charge in [0.2, 0.25) is 5.91 Å². The van der Waals surface area contributed by atoms with Gasteiger partial charge in [-0.1, -0.05) is 43.2 Å². The molecule has 102 valence electrons. The predicted molar refractivity (Wildman–Crippen MR) is 80.2 cm³/mol. The van der Waals surface area contributed by atoms with Gasteiger partial charge < -0.3 is 4.90 Å². The fraction of sp³-hybridized carbons (Fsp3) is 0.562. The summed E-state index contributed by atoms with van der Waals surface area (Å²) in [6.07, 6.45) is 4.69. The van der Waals surface area contributed by atoms with Crippen LogP contribution in [0.15, 0.2) is 30.3 Å². The number of carbonyl (C=O) groups excluding carboxylic acids is 1. The van der Waals surface area contributed by atoms with Crippen molar-refractivity contribution in [2.75, 3.05) is 18.8 Å². The van der Waals surface area contributed by atoms with Gasteiger partial charge in [0.15, 0.2) is 0 Å². The van der Waals surface area contributed by atoms with Crippen molar-refractivity contribution < 1.29 is 4.79 Å². The zero-order valence-electron chi connectivity index (χ0n) is 11.3. The molecule has 1 aromatic rings. The summed E-state index contributed by atoms with van der Waals surface area (Å²) in [5.74, 6) is 1.80. The average molecular weight is 275 g/mol. The molecular weight excluding hydrogens is 254 g/mol. The SMILES string of the molecule is O=C(C1CCCC1)N1CCSC(c2ccccc2)C1.